The van der Waals surface area contributed by atoms with E-state index in [2.05, 4.69) is 20.0 Å². The minimum atomic E-state index is -0.0212. The molecular weight excluding hydrogens is 392 g/mol. The van der Waals surface area contributed by atoms with Crippen LogP contribution < -0.4 is 9.64 Å². The Hall–Kier alpha value is -3.13. The first-order valence-electron chi connectivity index (χ1n) is 9.27. The summed E-state index contributed by atoms with van der Waals surface area (Å²) in [7, 11) is 1.57. The lowest BCUT2D eigenvalue weighted by atomic mass is 10.2. The molecular formula is C20H21ClN6O2. The summed E-state index contributed by atoms with van der Waals surface area (Å²) >= 11 is 6.08. The molecule has 1 amide bonds. The smallest absolute Gasteiger partial charge is 0.257 e. The fourth-order valence-electron chi connectivity index (χ4n) is 3.39. The van der Waals surface area contributed by atoms with Crippen LogP contribution in [-0.4, -0.2) is 63.8 Å². The Labute approximate surface area is 173 Å². The van der Waals surface area contributed by atoms with Crippen molar-refractivity contribution in [1.29, 1.82) is 0 Å². The van der Waals surface area contributed by atoms with E-state index in [9.17, 15) is 4.79 Å². The van der Waals surface area contributed by atoms with Crippen molar-refractivity contribution in [3.05, 3.63) is 59.1 Å². The fourth-order valence-corrected chi connectivity index (χ4v) is 3.57. The fraction of sp³-hybridized carbons (Fsp3) is 0.300. The van der Waals surface area contributed by atoms with Crippen molar-refractivity contribution >= 4 is 23.3 Å². The molecule has 9 heteroatoms. The number of rotatable bonds is 4. The number of halogens is 1. The van der Waals surface area contributed by atoms with Crippen LogP contribution >= 0.6 is 11.6 Å². The first kappa shape index (κ1) is 19.2. The molecule has 1 saturated heterocycles. The molecule has 0 spiro atoms. The van der Waals surface area contributed by atoms with Gasteiger partial charge in [-0.2, -0.15) is 10.1 Å². The van der Waals surface area contributed by atoms with Crippen molar-refractivity contribution in [2.75, 3.05) is 38.2 Å². The van der Waals surface area contributed by atoms with Gasteiger partial charge in [0.05, 0.1) is 42.6 Å². The highest BCUT2D eigenvalue weighted by molar-refractivity contribution is 6.30. The Morgan fingerprint density at radius 2 is 1.93 bits per heavy atom. The number of piperazine rings is 1. The van der Waals surface area contributed by atoms with Crippen molar-refractivity contribution in [2.45, 2.75) is 6.92 Å². The highest BCUT2D eigenvalue weighted by Crippen LogP contribution is 2.21. The lowest BCUT2D eigenvalue weighted by Crippen LogP contribution is -2.49. The van der Waals surface area contributed by atoms with Crippen LogP contribution in [-0.2, 0) is 0 Å². The van der Waals surface area contributed by atoms with Gasteiger partial charge in [-0.1, -0.05) is 17.7 Å². The third kappa shape index (κ3) is 3.88. The van der Waals surface area contributed by atoms with E-state index in [-0.39, 0.29) is 5.91 Å². The molecule has 4 rings (SSSR count). The van der Waals surface area contributed by atoms with Gasteiger partial charge in [0.25, 0.3) is 5.91 Å². The molecule has 0 radical (unpaired) electrons. The molecule has 0 bridgehead atoms. The van der Waals surface area contributed by atoms with Crippen molar-refractivity contribution in [3.8, 4) is 11.6 Å². The summed E-state index contributed by atoms with van der Waals surface area (Å²) in [6, 6.07) is 7.40. The first-order valence-corrected chi connectivity index (χ1v) is 9.65. The first-order chi connectivity index (χ1) is 14.1. The van der Waals surface area contributed by atoms with Crippen molar-refractivity contribution in [3.63, 3.8) is 0 Å². The molecule has 1 fully saturated rings. The van der Waals surface area contributed by atoms with E-state index in [1.54, 1.807) is 30.4 Å². The molecule has 1 aliphatic heterocycles. The highest BCUT2D eigenvalue weighted by atomic mass is 35.5. The largest absolute Gasteiger partial charge is 0.480 e. The van der Waals surface area contributed by atoms with Crippen LogP contribution in [0.4, 0.5) is 5.82 Å². The summed E-state index contributed by atoms with van der Waals surface area (Å²) in [5.74, 6) is 1.21. The van der Waals surface area contributed by atoms with E-state index in [4.69, 9.17) is 16.3 Å². The second kappa shape index (κ2) is 8.08. The number of methoxy groups -OCH3 is 1. The zero-order valence-electron chi connectivity index (χ0n) is 16.2. The summed E-state index contributed by atoms with van der Waals surface area (Å²) in [5.41, 5.74) is 2.22. The van der Waals surface area contributed by atoms with Gasteiger partial charge in [0.2, 0.25) is 5.88 Å². The number of benzene rings is 1. The number of carbonyl (C=O) groups is 1. The molecule has 3 heterocycles. The molecule has 1 aliphatic rings. The molecule has 0 aliphatic carbocycles. The minimum Gasteiger partial charge on any atom is -0.480 e. The monoisotopic (exact) mass is 412 g/mol. The van der Waals surface area contributed by atoms with Gasteiger partial charge in [-0.25, -0.2) is 4.68 Å². The van der Waals surface area contributed by atoms with Gasteiger partial charge in [-0.05, 0) is 25.1 Å². The van der Waals surface area contributed by atoms with E-state index in [1.165, 1.54) is 0 Å². The Morgan fingerprint density at radius 1 is 1.14 bits per heavy atom. The standard InChI is InChI=1S/C20H21ClN6O2/c1-14-17(11-23-27(14)16-5-3-4-15(21)10-16)20(28)26-8-6-25(7-9-26)18-12-22-13-19(24-18)29-2/h3-5,10-13H,6-9H2,1-2H3. The van der Waals surface area contributed by atoms with Crippen LogP contribution in [0.5, 0.6) is 5.88 Å². The van der Waals surface area contributed by atoms with Gasteiger partial charge in [0, 0.05) is 31.2 Å². The number of amides is 1. The van der Waals surface area contributed by atoms with Crippen LogP contribution in [0.15, 0.2) is 42.9 Å². The van der Waals surface area contributed by atoms with Crippen molar-refractivity contribution in [2.24, 2.45) is 0 Å². The summed E-state index contributed by atoms with van der Waals surface area (Å²) in [5, 5.41) is 5.02. The summed E-state index contributed by atoms with van der Waals surface area (Å²) < 4.78 is 6.88. The highest BCUT2D eigenvalue weighted by Gasteiger charge is 2.26. The van der Waals surface area contributed by atoms with E-state index < -0.39 is 0 Å². The van der Waals surface area contributed by atoms with E-state index in [1.807, 2.05) is 36.1 Å². The molecule has 0 saturated carbocycles. The van der Waals surface area contributed by atoms with Crippen LogP contribution in [0.3, 0.4) is 0 Å². The number of nitrogens with zero attached hydrogens (tertiary/aromatic N) is 6. The van der Waals surface area contributed by atoms with Gasteiger partial charge in [0.15, 0.2) is 5.82 Å². The maximum Gasteiger partial charge on any atom is 0.257 e. The Kier molecular flexibility index (Phi) is 5.35. The second-order valence-electron chi connectivity index (χ2n) is 6.73. The van der Waals surface area contributed by atoms with Crippen molar-refractivity contribution < 1.29 is 9.53 Å². The van der Waals surface area contributed by atoms with E-state index >= 15 is 0 Å². The maximum atomic E-state index is 13.1. The number of carbonyl (C=O) groups excluding carboxylic acids is 1. The predicted molar refractivity (Wildman–Crippen MR) is 110 cm³/mol. The summed E-state index contributed by atoms with van der Waals surface area (Å²) in [6.45, 7) is 4.44. The van der Waals surface area contributed by atoms with Crippen LogP contribution in [0.1, 0.15) is 16.1 Å². The lowest BCUT2D eigenvalue weighted by Gasteiger charge is -2.35. The summed E-state index contributed by atoms with van der Waals surface area (Å²) in [6.07, 6.45) is 4.90. The van der Waals surface area contributed by atoms with Gasteiger partial charge < -0.3 is 14.5 Å². The average Bonchev–Trinajstić information content (AvgIpc) is 3.14. The number of aromatic nitrogens is 4. The minimum absolute atomic E-state index is 0.0212. The topological polar surface area (TPSA) is 76.4 Å². The van der Waals surface area contributed by atoms with Crippen molar-refractivity contribution in [1.82, 2.24) is 24.6 Å². The van der Waals surface area contributed by atoms with E-state index in [0.717, 1.165) is 17.2 Å². The van der Waals surface area contributed by atoms with Crippen LogP contribution in [0.25, 0.3) is 5.69 Å². The second-order valence-corrected chi connectivity index (χ2v) is 7.17. The molecule has 8 nitrogen and oxygen atoms in total. The Bertz CT molecular complexity index is 1030. The van der Waals surface area contributed by atoms with Crippen LogP contribution in [0.2, 0.25) is 5.02 Å². The third-order valence-electron chi connectivity index (χ3n) is 4.99. The van der Waals surface area contributed by atoms with Gasteiger partial charge >= 0.3 is 0 Å². The quantitative estimate of drug-likeness (QED) is 0.655. The number of hydrogen-bond acceptors (Lipinski definition) is 6. The van der Waals surface area contributed by atoms with Gasteiger partial charge in [-0.3, -0.25) is 9.78 Å². The summed E-state index contributed by atoms with van der Waals surface area (Å²) in [4.78, 5) is 25.6. The Morgan fingerprint density at radius 3 is 2.66 bits per heavy atom. The molecule has 0 N–H and O–H groups in total. The Balaban J connectivity index is 1.46. The molecule has 150 valence electrons. The maximum absolute atomic E-state index is 13.1. The van der Waals surface area contributed by atoms with Crippen LogP contribution in [0, 0.1) is 6.92 Å². The molecule has 2 aromatic heterocycles. The third-order valence-corrected chi connectivity index (χ3v) is 5.23. The zero-order chi connectivity index (χ0) is 20.4. The number of ether oxygens (including phenoxy) is 1. The van der Waals surface area contributed by atoms with Gasteiger partial charge in [0.1, 0.15) is 0 Å². The molecule has 0 unspecified atom stereocenters. The molecule has 1 aromatic carbocycles. The van der Waals surface area contributed by atoms with E-state index in [0.29, 0.717) is 42.6 Å². The average molecular weight is 413 g/mol. The SMILES string of the molecule is COc1cncc(N2CCN(C(=O)c3cnn(-c4cccc(Cl)c4)c3C)CC2)n1. The molecule has 29 heavy (non-hydrogen) atoms. The molecule has 3 aromatic rings. The van der Waals surface area contributed by atoms with Gasteiger partial charge in [-0.15, -0.1) is 0 Å². The molecule has 0 atom stereocenters. The lowest BCUT2D eigenvalue weighted by molar-refractivity contribution is 0.0745. The zero-order valence-corrected chi connectivity index (χ0v) is 17.0. The number of anilines is 1. The predicted octanol–water partition coefficient (Wildman–Crippen LogP) is 2.60. The normalized spacial score (nSPS) is 14.2. The number of hydrogen-bond donors (Lipinski definition) is 0.